The Hall–Kier alpha value is -5.55. The Kier molecular flexibility index (Phi) is 10.9. The number of aromatic hydroxyl groups is 1. The molecule has 4 amide bonds. The van der Waals surface area contributed by atoms with Crippen molar-refractivity contribution in [3.63, 3.8) is 0 Å². The van der Waals surface area contributed by atoms with E-state index >= 15 is 0 Å². The molecule has 0 radical (unpaired) electrons. The van der Waals surface area contributed by atoms with Crippen molar-refractivity contribution >= 4 is 17.8 Å². The molecule has 1 aliphatic rings. The Morgan fingerprint density at radius 1 is 0.957 bits per heavy atom. The maximum atomic E-state index is 14.2. The van der Waals surface area contributed by atoms with E-state index in [4.69, 9.17) is 4.98 Å². The fraction of sp³-hybridized carbons (Fsp3) is 0.222. The number of aromatic nitrogens is 1. The van der Waals surface area contributed by atoms with Gasteiger partial charge in [0.15, 0.2) is 0 Å². The standard InChI is InChI=1S/C36H37FN6O4/c1-2-19-38-22-34(45)43-32(20-25-11-17-30(44)18-12-25)35(46)42(24-33(43)41-36(47)39-21-26-7-4-3-5-8-26)23-29-9-6-10-31(40-29)27-13-15-28(37)16-14-27/h2-18,32-33,38,44H,1,19-24H2,(H2,39,41,47). The van der Waals surface area contributed by atoms with Gasteiger partial charge < -0.3 is 30.9 Å². The van der Waals surface area contributed by atoms with E-state index in [9.17, 15) is 23.9 Å². The molecule has 2 atom stereocenters. The van der Waals surface area contributed by atoms with Gasteiger partial charge in [-0.15, -0.1) is 6.58 Å². The summed E-state index contributed by atoms with van der Waals surface area (Å²) < 4.78 is 13.5. The third-order valence-electron chi connectivity index (χ3n) is 7.77. The lowest BCUT2D eigenvalue weighted by Crippen LogP contribution is -2.69. The first-order valence-corrected chi connectivity index (χ1v) is 15.3. The van der Waals surface area contributed by atoms with Crippen molar-refractivity contribution in [2.75, 3.05) is 19.6 Å². The molecule has 4 aromatic rings. The van der Waals surface area contributed by atoms with Crippen LogP contribution in [0.2, 0.25) is 0 Å². The van der Waals surface area contributed by atoms with Gasteiger partial charge >= 0.3 is 6.03 Å². The van der Waals surface area contributed by atoms with Crippen molar-refractivity contribution in [1.29, 1.82) is 0 Å². The van der Waals surface area contributed by atoms with Crippen LogP contribution in [0.25, 0.3) is 11.3 Å². The smallest absolute Gasteiger partial charge is 0.316 e. The molecular weight excluding hydrogens is 599 g/mol. The van der Waals surface area contributed by atoms with E-state index in [0.717, 1.165) is 16.7 Å². The van der Waals surface area contributed by atoms with Gasteiger partial charge in [0.2, 0.25) is 11.8 Å². The maximum Gasteiger partial charge on any atom is 0.316 e. The lowest BCUT2D eigenvalue weighted by atomic mass is 9.99. The van der Waals surface area contributed by atoms with Crippen LogP contribution in [-0.4, -0.2) is 69.6 Å². The molecule has 3 aromatic carbocycles. The number of nitrogens with zero attached hydrogens (tertiary/aromatic N) is 3. The molecule has 10 nitrogen and oxygen atoms in total. The number of urea groups is 1. The predicted octanol–water partition coefficient (Wildman–Crippen LogP) is 3.98. The Bertz CT molecular complexity index is 1680. The zero-order chi connectivity index (χ0) is 33.2. The lowest BCUT2D eigenvalue weighted by molar-refractivity contribution is -0.157. The normalized spacial score (nSPS) is 16.1. The molecule has 1 aliphatic heterocycles. The molecule has 0 aliphatic carbocycles. The summed E-state index contributed by atoms with van der Waals surface area (Å²) in [5.41, 5.74) is 3.56. The second-order valence-corrected chi connectivity index (χ2v) is 11.2. The summed E-state index contributed by atoms with van der Waals surface area (Å²) in [4.78, 5) is 49.0. The minimum absolute atomic E-state index is 0.0132. The minimum Gasteiger partial charge on any atom is -0.508 e. The molecule has 47 heavy (non-hydrogen) atoms. The van der Waals surface area contributed by atoms with E-state index < -0.39 is 18.2 Å². The van der Waals surface area contributed by atoms with Crippen molar-refractivity contribution in [3.8, 4) is 17.0 Å². The summed E-state index contributed by atoms with van der Waals surface area (Å²) in [5, 5.41) is 18.6. The number of halogens is 1. The van der Waals surface area contributed by atoms with Crippen molar-refractivity contribution in [1.82, 2.24) is 30.7 Å². The van der Waals surface area contributed by atoms with Crippen molar-refractivity contribution in [2.45, 2.75) is 31.7 Å². The van der Waals surface area contributed by atoms with E-state index in [0.29, 0.717) is 17.9 Å². The third-order valence-corrected chi connectivity index (χ3v) is 7.77. The number of carbonyl (C=O) groups excluding carboxylic acids is 3. The summed E-state index contributed by atoms with van der Waals surface area (Å²) in [6.07, 6.45) is 0.906. The number of phenols is 1. The first kappa shape index (κ1) is 32.8. The highest BCUT2D eigenvalue weighted by molar-refractivity contribution is 5.91. The molecule has 1 saturated heterocycles. The Morgan fingerprint density at radius 3 is 2.43 bits per heavy atom. The van der Waals surface area contributed by atoms with E-state index in [-0.39, 0.29) is 56.0 Å². The van der Waals surface area contributed by atoms with Crippen LogP contribution in [0.15, 0.2) is 110 Å². The number of hydrogen-bond acceptors (Lipinski definition) is 6. The predicted molar refractivity (Wildman–Crippen MR) is 176 cm³/mol. The minimum atomic E-state index is -0.967. The molecule has 2 unspecified atom stereocenters. The van der Waals surface area contributed by atoms with Gasteiger partial charge in [-0.05, 0) is 59.7 Å². The van der Waals surface area contributed by atoms with Gasteiger partial charge in [0.25, 0.3) is 0 Å². The first-order valence-electron chi connectivity index (χ1n) is 15.3. The number of nitrogens with one attached hydrogen (secondary N) is 3. The second kappa shape index (κ2) is 15.6. The van der Waals surface area contributed by atoms with E-state index in [1.54, 1.807) is 47.4 Å². The fourth-order valence-electron chi connectivity index (χ4n) is 5.48. The van der Waals surface area contributed by atoms with Crippen molar-refractivity contribution < 1.29 is 23.9 Å². The molecule has 0 bridgehead atoms. The molecule has 1 aromatic heterocycles. The van der Waals surface area contributed by atoms with Crippen LogP contribution in [0.1, 0.15) is 16.8 Å². The Morgan fingerprint density at radius 2 is 1.70 bits per heavy atom. The van der Waals surface area contributed by atoms with Gasteiger partial charge in [-0.25, -0.2) is 9.18 Å². The summed E-state index contributed by atoms with van der Waals surface area (Å²) >= 11 is 0. The Balaban J connectivity index is 1.44. The van der Waals surface area contributed by atoms with Crippen LogP contribution in [0.3, 0.4) is 0 Å². The van der Waals surface area contributed by atoms with Crippen LogP contribution in [0, 0.1) is 5.82 Å². The molecule has 5 rings (SSSR count). The topological polar surface area (TPSA) is 127 Å². The van der Waals surface area contributed by atoms with Crippen LogP contribution in [0.4, 0.5) is 9.18 Å². The molecule has 0 spiro atoms. The highest BCUT2D eigenvalue weighted by atomic mass is 19.1. The molecule has 1 fully saturated rings. The van der Waals surface area contributed by atoms with Gasteiger partial charge in [0, 0.05) is 25.1 Å². The first-order chi connectivity index (χ1) is 22.8. The summed E-state index contributed by atoms with van der Waals surface area (Å²) in [7, 11) is 0. The summed E-state index contributed by atoms with van der Waals surface area (Å²) in [6, 6.07) is 25.8. The van der Waals surface area contributed by atoms with E-state index in [2.05, 4.69) is 22.5 Å². The van der Waals surface area contributed by atoms with Crippen LogP contribution < -0.4 is 16.0 Å². The molecule has 2 heterocycles. The van der Waals surface area contributed by atoms with Gasteiger partial charge in [0.1, 0.15) is 23.8 Å². The highest BCUT2D eigenvalue weighted by Crippen LogP contribution is 2.24. The fourth-order valence-corrected chi connectivity index (χ4v) is 5.48. The molecule has 11 heteroatoms. The lowest BCUT2D eigenvalue weighted by Gasteiger charge is -2.46. The zero-order valence-electron chi connectivity index (χ0n) is 25.8. The van der Waals surface area contributed by atoms with Gasteiger partial charge in [-0.3, -0.25) is 14.6 Å². The molecule has 242 valence electrons. The van der Waals surface area contributed by atoms with Gasteiger partial charge in [0.05, 0.1) is 31.0 Å². The molecule has 0 saturated carbocycles. The van der Waals surface area contributed by atoms with Crippen molar-refractivity contribution in [3.05, 3.63) is 132 Å². The van der Waals surface area contributed by atoms with Crippen molar-refractivity contribution in [2.24, 2.45) is 0 Å². The average molecular weight is 637 g/mol. The largest absolute Gasteiger partial charge is 0.508 e. The molecule has 4 N–H and O–H groups in total. The number of carbonyl (C=O) groups is 3. The highest BCUT2D eigenvalue weighted by Gasteiger charge is 2.43. The van der Waals surface area contributed by atoms with Crippen LogP contribution in [-0.2, 0) is 29.1 Å². The number of pyridine rings is 1. The van der Waals surface area contributed by atoms with Crippen LogP contribution in [0.5, 0.6) is 5.75 Å². The van der Waals surface area contributed by atoms with Crippen LogP contribution >= 0.6 is 0 Å². The number of benzene rings is 3. The second-order valence-electron chi connectivity index (χ2n) is 11.2. The third kappa shape index (κ3) is 8.80. The molecular formula is C36H37FN6O4. The zero-order valence-corrected chi connectivity index (χ0v) is 25.8. The van der Waals surface area contributed by atoms with E-state index in [1.807, 2.05) is 36.4 Å². The van der Waals surface area contributed by atoms with E-state index in [1.165, 1.54) is 29.2 Å². The number of rotatable bonds is 12. The average Bonchev–Trinajstić information content (AvgIpc) is 3.08. The van der Waals surface area contributed by atoms with Gasteiger partial charge in [-0.1, -0.05) is 54.6 Å². The SMILES string of the molecule is C=CCNCC(=O)N1C(NC(=O)NCc2ccccc2)CN(Cc2cccc(-c3ccc(F)cc3)n2)C(=O)C1Cc1ccc(O)cc1. The number of phenolic OH excluding ortho intramolecular Hbond substituents is 1. The van der Waals surface area contributed by atoms with Gasteiger partial charge in [-0.2, -0.15) is 0 Å². The maximum absolute atomic E-state index is 14.2. The summed E-state index contributed by atoms with van der Waals surface area (Å²) in [5.74, 6) is -0.956. The monoisotopic (exact) mass is 636 g/mol. The number of amides is 4. The Labute approximate surface area is 272 Å². The number of piperazine rings is 1. The number of hydrogen-bond donors (Lipinski definition) is 4. The quantitative estimate of drug-likeness (QED) is 0.138. The summed E-state index contributed by atoms with van der Waals surface area (Å²) in [6.45, 7) is 4.39.